The first kappa shape index (κ1) is 12.2. The van der Waals surface area contributed by atoms with E-state index in [9.17, 15) is 13.2 Å². The van der Waals surface area contributed by atoms with Crippen LogP contribution in [0, 0.1) is 0 Å². The SMILES string of the molecule is CCOC(=O)C(C)=C(CC)[SH](=O)=O. The van der Waals surface area contributed by atoms with E-state index in [1.165, 1.54) is 6.92 Å². The van der Waals surface area contributed by atoms with E-state index in [0.29, 0.717) is 6.42 Å². The van der Waals surface area contributed by atoms with Gasteiger partial charge in [-0.25, -0.2) is 13.2 Å². The van der Waals surface area contributed by atoms with Gasteiger partial charge in [-0.2, -0.15) is 0 Å². The smallest absolute Gasteiger partial charge is 0.334 e. The molecule has 0 radical (unpaired) electrons. The molecule has 0 rings (SSSR count). The van der Waals surface area contributed by atoms with E-state index in [4.69, 9.17) is 0 Å². The van der Waals surface area contributed by atoms with Gasteiger partial charge in [0.05, 0.1) is 11.5 Å². The van der Waals surface area contributed by atoms with Crippen molar-refractivity contribution in [1.29, 1.82) is 0 Å². The third-order valence-corrected chi connectivity index (χ3v) is 2.66. The van der Waals surface area contributed by atoms with Crippen molar-refractivity contribution in [1.82, 2.24) is 0 Å². The fourth-order valence-electron chi connectivity index (χ4n) is 0.888. The van der Waals surface area contributed by atoms with Crippen molar-refractivity contribution in [2.24, 2.45) is 0 Å². The second kappa shape index (κ2) is 5.75. The molecule has 5 heteroatoms. The largest absolute Gasteiger partial charge is 0.463 e. The molecule has 0 aromatic rings. The molecule has 0 bridgehead atoms. The summed E-state index contributed by atoms with van der Waals surface area (Å²) in [6, 6.07) is 0. The molecule has 0 heterocycles. The molecule has 0 unspecified atom stereocenters. The van der Waals surface area contributed by atoms with Gasteiger partial charge in [0.1, 0.15) is 0 Å². The Morgan fingerprint density at radius 2 is 1.85 bits per heavy atom. The molecule has 0 aliphatic heterocycles. The first-order valence-corrected chi connectivity index (χ1v) is 5.23. The van der Waals surface area contributed by atoms with E-state index >= 15 is 0 Å². The average molecular weight is 206 g/mol. The number of esters is 1. The molecular formula is C8H14O4S. The molecule has 4 nitrogen and oxygen atoms in total. The fraction of sp³-hybridized carbons (Fsp3) is 0.625. The normalized spacial score (nSPS) is 12.6. The monoisotopic (exact) mass is 206 g/mol. The average Bonchev–Trinajstić information content (AvgIpc) is 2.05. The van der Waals surface area contributed by atoms with Crippen LogP contribution < -0.4 is 0 Å². The molecular weight excluding hydrogens is 192 g/mol. The van der Waals surface area contributed by atoms with Crippen molar-refractivity contribution in [2.75, 3.05) is 6.61 Å². The first-order chi connectivity index (χ1) is 6.04. The van der Waals surface area contributed by atoms with Crippen LogP contribution in [0.4, 0.5) is 0 Å². The molecule has 0 aromatic carbocycles. The summed E-state index contributed by atoms with van der Waals surface area (Å²) in [5, 5.41) is 0. The number of thiol groups is 1. The first-order valence-electron chi connectivity index (χ1n) is 4.05. The molecule has 0 amide bonds. The van der Waals surface area contributed by atoms with Crippen LogP contribution in [0.2, 0.25) is 0 Å². The maximum absolute atomic E-state index is 11.1. The summed E-state index contributed by atoms with van der Waals surface area (Å²) in [5.74, 6) is -0.557. The maximum atomic E-state index is 11.1. The molecule has 0 aromatic heterocycles. The molecule has 0 aliphatic carbocycles. The molecule has 0 saturated carbocycles. The number of hydrogen-bond acceptors (Lipinski definition) is 4. The zero-order chi connectivity index (χ0) is 10.4. The predicted molar refractivity (Wildman–Crippen MR) is 49.9 cm³/mol. The Labute approximate surface area is 79.5 Å². The van der Waals surface area contributed by atoms with E-state index in [1.54, 1.807) is 13.8 Å². The molecule has 0 N–H and O–H groups in total. The minimum Gasteiger partial charge on any atom is -0.463 e. The van der Waals surface area contributed by atoms with E-state index in [1.807, 2.05) is 0 Å². The Morgan fingerprint density at radius 1 is 1.31 bits per heavy atom. The Kier molecular flexibility index (Phi) is 5.37. The van der Waals surface area contributed by atoms with Gasteiger partial charge in [0.2, 0.25) is 0 Å². The Balaban J connectivity index is 4.85. The number of ether oxygens (including phenoxy) is 1. The van der Waals surface area contributed by atoms with E-state index in [-0.39, 0.29) is 17.1 Å². The topological polar surface area (TPSA) is 60.4 Å². The fourth-order valence-corrected chi connectivity index (χ4v) is 1.51. The summed E-state index contributed by atoms with van der Waals surface area (Å²) < 4.78 is 26.0. The molecule has 0 saturated heterocycles. The molecule has 76 valence electrons. The third-order valence-electron chi connectivity index (χ3n) is 1.57. The Hall–Kier alpha value is -0.840. The summed E-state index contributed by atoms with van der Waals surface area (Å²) in [5.41, 5.74) is 0.181. The maximum Gasteiger partial charge on any atom is 0.334 e. The highest BCUT2D eigenvalue weighted by Gasteiger charge is 2.11. The zero-order valence-electron chi connectivity index (χ0n) is 7.99. The second-order valence-electron chi connectivity index (χ2n) is 2.40. The molecule has 0 fully saturated rings. The van der Waals surface area contributed by atoms with Crippen molar-refractivity contribution < 1.29 is 17.9 Å². The van der Waals surface area contributed by atoms with Crippen LogP contribution >= 0.6 is 0 Å². The highest BCUT2D eigenvalue weighted by molar-refractivity contribution is 7.76. The van der Waals surface area contributed by atoms with Crippen LogP contribution in [0.3, 0.4) is 0 Å². The molecule has 0 atom stereocenters. The van der Waals surface area contributed by atoms with Gasteiger partial charge in [-0.15, -0.1) is 0 Å². The van der Waals surface area contributed by atoms with Crippen LogP contribution in [0.15, 0.2) is 10.5 Å². The zero-order valence-corrected chi connectivity index (χ0v) is 8.89. The van der Waals surface area contributed by atoms with Crippen molar-refractivity contribution >= 4 is 16.7 Å². The number of rotatable bonds is 4. The van der Waals surface area contributed by atoms with Gasteiger partial charge in [-0.3, -0.25) is 0 Å². The lowest BCUT2D eigenvalue weighted by Crippen LogP contribution is -2.08. The van der Waals surface area contributed by atoms with E-state index in [0.717, 1.165) is 0 Å². The summed E-state index contributed by atoms with van der Waals surface area (Å²) in [4.78, 5) is 11.2. The summed E-state index contributed by atoms with van der Waals surface area (Å²) in [6.07, 6.45) is 0.323. The van der Waals surface area contributed by atoms with Crippen LogP contribution in [0.1, 0.15) is 27.2 Å². The van der Waals surface area contributed by atoms with Gasteiger partial charge in [-0.1, -0.05) is 6.92 Å². The minimum atomic E-state index is -2.67. The summed E-state index contributed by atoms with van der Waals surface area (Å²) >= 11 is 0. The quantitative estimate of drug-likeness (QED) is 0.421. The lowest BCUT2D eigenvalue weighted by molar-refractivity contribution is -0.138. The van der Waals surface area contributed by atoms with Gasteiger partial charge in [0, 0.05) is 5.57 Å². The molecule has 0 spiro atoms. The predicted octanol–water partition coefficient (Wildman–Crippen LogP) is 0.845. The standard InChI is InChI=1S/C8H14O4S/c1-4-7(13(10)11)6(3)8(9)12-5-2/h13H,4-5H2,1-3H3. The highest BCUT2D eigenvalue weighted by Crippen LogP contribution is 2.10. The van der Waals surface area contributed by atoms with Crippen molar-refractivity contribution in [3.8, 4) is 0 Å². The van der Waals surface area contributed by atoms with Gasteiger partial charge < -0.3 is 4.74 Å². The molecule has 13 heavy (non-hydrogen) atoms. The highest BCUT2D eigenvalue weighted by atomic mass is 32.2. The number of carbonyl (C=O) groups excluding carboxylic acids is 1. The minimum absolute atomic E-state index is 0.147. The number of hydrogen-bond donors (Lipinski definition) is 1. The van der Waals surface area contributed by atoms with Crippen LogP contribution in [-0.4, -0.2) is 21.0 Å². The van der Waals surface area contributed by atoms with Gasteiger partial charge in [0.25, 0.3) is 0 Å². The van der Waals surface area contributed by atoms with E-state index in [2.05, 4.69) is 4.74 Å². The lowest BCUT2D eigenvalue weighted by atomic mass is 10.2. The second-order valence-corrected chi connectivity index (χ2v) is 3.46. The summed E-state index contributed by atoms with van der Waals surface area (Å²) in [7, 11) is -2.67. The number of allylic oxidation sites excluding steroid dienone is 1. The molecule has 0 aliphatic rings. The summed E-state index contributed by atoms with van der Waals surface area (Å²) in [6.45, 7) is 5.07. The van der Waals surface area contributed by atoms with Crippen LogP contribution in [0.5, 0.6) is 0 Å². The van der Waals surface area contributed by atoms with Gasteiger partial charge >= 0.3 is 5.97 Å². The van der Waals surface area contributed by atoms with Gasteiger partial charge in [-0.05, 0) is 20.3 Å². The van der Waals surface area contributed by atoms with Crippen molar-refractivity contribution in [3.05, 3.63) is 10.5 Å². The lowest BCUT2D eigenvalue weighted by Gasteiger charge is -2.03. The Morgan fingerprint density at radius 3 is 2.15 bits per heavy atom. The van der Waals surface area contributed by atoms with Crippen LogP contribution in [0.25, 0.3) is 0 Å². The van der Waals surface area contributed by atoms with Gasteiger partial charge in [0.15, 0.2) is 10.7 Å². The van der Waals surface area contributed by atoms with Crippen molar-refractivity contribution in [2.45, 2.75) is 27.2 Å². The van der Waals surface area contributed by atoms with E-state index < -0.39 is 16.7 Å². The van der Waals surface area contributed by atoms with Crippen LogP contribution in [-0.2, 0) is 20.2 Å². The van der Waals surface area contributed by atoms with Crippen molar-refractivity contribution in [3.63, 3.8) is 0 Å². The number of carbonyl (C=O) groups is 1. The third kappa shape index (κ3) is 3.59. The Bertz CT molecular complexity index is 281.